The fourth-order valence-electron chi connectivity index (χ4n) is 4.42. The molecule has 0 saturated heterocycles. The van der Waals surface area contributed by atoms with Gasteiger partial charge in [-0.25, -0.2) is 0 Å². The van der Waals surface area contributed by atoms with E-state index in [0.717, 1.165) is 27.6 Å². The molecule has 1 unspecified atom stereocenters. The van der Waals surface area contributed by atoms with Crippen molar-refractivity contribution in [2.24, 2.45) is 0 Å². The van der Waals surface area contributed by atoms with Crippen LogP contribution in [0.1, 0.15) is 34.6 Å². The van der Waals surface area contributed by atoms with Gasteiger partial charge in [0, 0.05) is 5.39 Å². The van der Waals surface area contributed by atoms with Crippen LogP contribution in [0.15, 0.2) is 72.8 Å². The third-order valence-corrected chi connectivity index (χ3v) is 8.37. The Morgan fingerprint density at radius 2 is 1.18 bits per heavy atom. The average molecular weight is 754 g/mol. The summed E-state index contributed by atoms with van der Waals surface area (Å²) in [5, 5.41) is 5.61. The fraction of sp³-hybridized carbons (Fsp3) is 0.242. The maximum absolute atomic E-state index is 6.27. The Kier molecular flexibility index (Phi) is 13.2. The molecule has 6 rings (SSSR count). The molecule has 6 heteroatoms. The molecule has 0 aromatic heterocycles. The van der Waals surface area contributed by atoms with Crippen molar-refractivity contribution < 1.29 is 41.6 Å². The van der Waals surface area contributed by atoms with E-state index in [1.54, 1.807) is 0 Å². The number of halogens is 1. The van der Waals surface area contributed by atoms with Gasteiger partial charge in [0.25, 0.3) is 0 Å². The average Bonchev–Trinajstić information content (AvgIpc) is 3.32. The van der Waals surface area contributed by atoms with Gasteiger partial charge in [-0.05, 0) is 67.1 Å². The fourth-order valence-corrected chi connectivity index (χ4v) is 5.94. The molecule has 1 heterocycles. The Morgan fingerprint density at radius 3 is 1.77 bits per heavy atom. The van der Waals surface area contributed by atoms with E-state index in [1.165, 1.54) is 40.4 Å². The summed E-state index contributed by atoms with van der Waals surface area (Å²) in [4.78, 5) is 0. The maximum atomic E-state index is 6.27. The van der Waals surface area contributed by atoms with Crippen molar-refractivity contribution in [2.45, 2.75) is 34.6 Å². The summed E-state index contributed by atoms with van der Waals surface area (Å²) >= 11 is 0. The molecule has 1 aliphatic heterocycles. The number of hydrogen-bond donors (Lipinski definition) is 0. The first kappa shape index (κ1) is 34.0. The summed E-state index contributed by atoms with van der Waals surface area (Å²) in [6.45, 7) is 17.7. The van der Waals surface area contributed by atoms with Crippen LogP contribution in [0.25, 0.3) is 21.5 Å². The molecule has 1 saturated carbocycles. The number of fused-ring (bicyclic) bond motifs is 1. The minimum atomic E-state index is -1.16. The van der Waals surface area contributed by atoms with Crippen LogP contribution in [0.3, 0.4) is 0 Å². The molecule has 0 N–H and O–H groups in total. The van der Waals surface area contributed by atoms with E-state index in [1.807, 2.05) is 36.4 Å². The molecular formula is C33H36ClIrO2P2+. The molecule has 2 nitrogen and oxygen atoms in total. The minimum Gasteiger partial charge on any atom is -1.00 e. The van der Waals surface area contributed by atoms with Crippen molar-refractivity contribution in [3.8, 4) is 11.5 Å². The van der Waals surface area contributed by atoms with Gasteiger partial charge in [-0.1, -0.05) is 77.1 Å². The zero-order chi connectivity index (χ0) is 26.7. The van der Waals surface area contributed by atoms with Crippen molar-refractivity contribution in [3.63, 3.8) is 0 Å². The van der Waals surface area contributed by atoms with Gasteiger partial charge in [0.1, 0.15) is 5.75 Å². The summed E-state index contributed by atoms with van der Waals surface area (Å²) in [5.74, 6) is 9.07. The Labute approximate surface area is 258 Å². The van der Waals surface area contributed by atoms with Gasteiger partial charge in [-0.3, -0.25) is 0 Å². The number of hydrogen-bond acceptors (Lipinski definition) is 2. The van der Waals surface area contributed by atoms with Crippen molar-refractivity contribution in [1.29, 1.82) is 0 Å². The van der Waals surface area contributed by atoms with Gasteiger partial charge < -0.3 is 21.5 Å². The molecule has 1 atom stereocenters. The SMILES string of the molecule is CP(C)C.C[C]1[C](C)[C](C)[C](C)[C]1C.[Cl-].[Ir+3].[c-]1cccc2cccc(OP3Oc4cccc5cccc3c45)c12. The maximum Gasteiger partial charge on any atom is 3.00 e. The predicted molar refractivity (Wildman–Crippen MR) is 164 cm³/mol. The summed E-state index contributed by atoms with van der Waals surface area (Å²) in [7, 11) is -0.780. The van der Waals surface area contributed by atoms with E-state index in [0.29, 0.717) is 7.92 Å². The molecule has 0 spiro atoms. The second-order valence-corrected chi connectivity index (χ2v) is 14.0. The van der Waals surface area contributed by atoms with Gasteiger partial charge in [-0.2, -0.15) is 0 Å². The van der Waals surface area contributed by atoms with Crippen LogP contribution < -0.4 is 26.8 Å². The molecular weight excluding hydrogens is 718 g/mol. The van der Waals surface area contributed by atoms with Crippen molar-refractivity contribution in [3.05, 3.63) is 108 Å². The molecule has 5 radical (unpaired) electrons. The van der Waals surface area contributed by atoms with Gasteiger partial charge in [-0.15, -0.1) is 43.0 Å². The predicted octanol–water partition coefficient (Wildman–Crippen LogP) is 6.53. The van der Waals surface area contributed by atoms with Crippen molar-refractivity contribution >= 4 is 43.1 Å². The first-order valence-electron chi connectivity index (χ1n) is 12.6. The van der Waals surface area contributed by atoms with E-state index in [9.17, 15) is 0 Å². The van der Waals surface area contributed by atoms with Gasteiger partial charge in [0.15, 0.2) is 0 Å². The van der Waals surface area contributed by atoms with E-state index in [2.05, 4.69) is 97.1 Å². The molecule has 0 bridgehead atoms. The molecule has 1 fully saturated rings. The first-order valence-corrected chi connectivity index (χ1v) is 16.4. The molecule has 1 aliphatic carbocycles. The van der Waals surface area contributed by atoms with Crippen LogP contribution in [0.2, 0.25) is 0 Å². The zero-order valence-electron chi connectivity index (χ0n) is 23.9. The van der Waals surface area contributed by atoms with Crippen molar-refractivity contribution in [2.75, 3.05) is 20.0 Å². The van der Waals surface area contributed by atoms with Crippen LogP contribution in [0.4, 0.5) is 0 Å². The second-order valence-electron chi connectivity index (χ2n) is 9.93. The Balaban J connectivity index is 0.000000282. The molecule has 2 aliphatic rings. The monoisotopic (exact) mass is 754 g/mol. The Morgan fingerprint density at radius 1 is 0.692 bits per heavy atom. The molecule has 0 amide bonds. The molecule has 205 valence electrons. The third kappa shape index (κ3) is 7.76. The molecule has 4 aromatic rings. The third-order valence-electron chi connectivity index (χ3n) is 6.87. The smallest absolute Gasteiger partial charge is 1.00 e. The first-order chi connectivity index (χ1) is 17.7. The molecule has 39 heavy (non-hydrogen) atoms. The van der Waals surface area contributed by atoms with Crippen LogP contribution in [0.5, 0.6) is 11.5 Å². The van der Waals surface area contributed by atoms with E-state index < -0.39 is 8.38 Å². The number of rotatable bonds is 2. The number of benzene rings is 4. The topological polar surface area (TPSA) is 18.5 Å². The van der Waals surface area contributed by atoms with Crippen LogP contribution in [0, 0.1) is 35.7 Å². The minimum absolute atomic E-state index is 0. The van der Waals surface area contributed by atoms with E-state index >= 15 is 0 Å². The quantitative estimate of drug-likeness (QED) is 0.171. The Hall–Kier alpha value is -1.20. The van der Waals surface area contributed by atoms with E-state index in [-0.39, 0.29) is 32.5 Å². The summed E-state index contributed by atoms with van der Waals surface area (Å²) in [5.41, 5.74) is 0. The summed E-state index contributed by atoms with van der Waals surface area (Å²) < 4.78 is 12.4. The van der Waals surface area contributed by atoms with E-state index in [4.69, 9.17) is 9.05 Å². The standard InChI is InChI=1S/C20H12O2P.C10H15.C3H9P.ClH.Ir/c1-2-10-16-14(6-1)7-3-11-17(16)21-23-19-13-5-9-15-8-4-12-18(22-23)20(15)19;1-6-7(2)9(4)10(5)8(6)3;1-4(2)3;;/h1-9,11-13H;1-5H3;1-3H3;1H;/q-1;;;;+3/p-1. The van der Waals surface area contributed by atoms with Crippen LogP contribution >= 0.6 is 16.3 Å². The van der Waals surface area contributed by atoms with Gasteiger partial charge in [0.2, 0.25) is 0 Å². The zero-order valence-corrected chi connectivity index (χ0v) is 28.8. The largest absolute Gasteiger partial charge is 3.00 e. The van der Waals surface area contributed by atoms with Crippen LogP contribution in [-0.4, -0.2) is 20.0 Å². The summed E-state index contributed by atoms with van der Waals surface area (Å²) in [6.07, 6.45) is 0. The molecule has 4 aromatic carbocycles. The van der Waals surface area contributed by atoms with Gasteiger partial charge >= 0.3 is 28.5 Å². The van der Waals surface area contributed by atoms with Gasteiger partial charge in [0.05, 0.1) is 11.1 Å². The normalized spacial score (nSPS) is 17.5. The summed E-state index contributed by atoms with van der Waals surface area (Å²) in [6, 6.07) is 27.7. The van der Waals surface area contributed by atoms with Crippen LogP contribution in [-0.2, 0) is 20.1 Å². The Bertz CT molecular complexity index is 1290. The second kappa shape index (κ2) is 15.1. The van der Waals surface area contributed by atoms with Crippen molar-refractivity contribution in [1.82, 2.24) is 0 Å².